The molecule has 0 aliphatic heterocycles. The average molecular weight is 408 g/mol. The molecule has 2 aromatic carbocycles. The zero-order chi connectivity index (χ0) is 22.1. The Morgan fingerprint density at radius 1 is 1.10 bits per heavy atom. The van der Waals surface area contributed by atoms with Crippen molar-refractivity contribution in [1.82, 2.24) is 10.8 Å². The lowest BCUT2D eigenvalue weighted by Gasteiger charge is -2.28. The second kappa shape index (κ2) is 10.4. The fourth-order valence-corrected chi connectivity index (χ4v) is 2.54. The van der Waals surface area contributed by atoms with Crippen LogP contribution < -0.4 is 10.8 Å². The summed E-state index contributed by atoms with van der Waals surface area (Å²) in [6, 6.07) is 12.5. The predicted molar refractivity (Wildman–Crippen MR) is 112 cm³/mol. The molecule has 2 amide bonds. The highest BCUT2D eigenvalue weighted by molar-refractivity contribution is 5.97. The maximum absolute atomic E-state index is 12.4. The van der Waals surface area contributed by atoms with Gasteiger partial charge in [0.05, 0.1) is 12.2 Å². The van der Waals surface area contributed by atoms with Crippen LogP contribution in [0.4, 0.5) is 0 Å². The zero-order valence-corrected chi connectivity index (χ0v) is 16.7. The molecule has 7 heteroatoms. The van der Waals surface area contributed by atoms with Crippen molar-refractivity contribution in [3.05, 3.63) is 76.9 Å². The molecule has 0 aromatic heterocycles. The molecule has 0 fully saturated rings. The van der Waals surface area contributed by atoms with Gasteiger partial charge in [0.25, 0.3) is 11.8 Å². The maximum Gasteiger partial charge on any atom is 0.268 e. The SMILES string of the molecule is CC(C)(O)[C@H](NC(=O)c1ccc(C=CC#Cc2ccc(CO)cc2)cc1)C(=O)NO. The van der Waals surface area contributed by atoms with Crippen molar-refractivity contribution in [3.63, 3.8) is 0 Å². The van der Waals surface area contributed by atoms with Gasteiger partial charge >= 0.3 is 0 Å². The van der Waals surface area contributed by atoms with E-state index >= 15 is 0 Å². The van der Waals surface area contributed by atoms with Crippen molar-refractivity contribution in [2.75, 3.05) is 0 Å². The summed E-state index contributed by atoms with van der Waals surface area (Å²) in [7, 11) is 0. The van der Waals surface area contributed by atoms with E-state index in [1.165, 1.54) is 19.3 Å². The number of rotatable bonds is 6. The number of carbonyl (C=O) groups excluding carboxylic acids is 2. The van der Waals surface area contributed by atoms with Gasteiger partial charge in [0.15, 0.2) is 0 Å². The third kappa shape index (κ3) is 6.57. The Labute approximate surface area is 175 Å². The Morgan fingerprint density at radius 2 is 1.73 bits per heavy atom. The molecule has 0 aliphatic carbocycles. The normalized spacial score (nSPS) is 12.0. The molecule has 0 bridgehead atoms. The summed E-state index contributed by atoms with van der Waals surface area (Å²) in [4.78, 5) is 24.0. The Hall–Kier alpha value is -3.44. The largest absolute Gasteiger partial charge is 0.392 e. The summed E-state index contributed by atoms with van der Waals surface area (Å²) in [5, 5.41) is 30.3. The number of benzene rings is 2. The first-order valence-corrected chi connectivity index (χ1v) is 9.19. The van der Waals surface area contributed by atoms with Crippen molar-refractivity contribution >= 4 is 17.9 Å². The number of hydroxylamine groups is 1. The molecule has 5 N–H and O–H groups in total. The minimum Gasteiger partial charge on any atom is -0.392 e. The second-order valence-corrected chi connectivity index (χ2v) is 7.12. The van der Waals surface area contributed by atoms with Gasteiger partial charge in [0.2, 0.25) is 0 Å². The predicted octanol–water partition coefficient (Wildman–Crippen LogP) is 1.62. The number of nitrogens with one attached hydrogen (secondary N) is 2. The summed E-state index contributed by atoms with van der Waals surface area (Å²) >= 11 is 0. The molecule has 0 radical (unpaired) electrons. The molecule has 0 saturated heterocycles. The number of amides is 2. The molecule has 2 rings (SSSR count). The molecular weight excluding hydrogens is 384 g/mol. The molecule has 0 saturated carbocycles. The molecule has 2 aromatic rings. The summed E-state index contributed by atoms with van der Waals surface area (Å²) in [5.41, 5.74) is 2.64. The zero-order valence-electron chi connectivity index (χ0n) is 16.7. The van der Waals surface area contributed by atoms with Crippen LogP contribution in [0.15, 0.2) is 54.6 Å². The summed E-state index contributed by atoms with van der Waals surface area (Å²) in [5.74, 6) is 4.42. The Bertz CT molecular complexity index is 962. The third-order valence-electron chi connectivity index (χ3n) is 4.24. The lowest BCUT2D eigenvalue weighted by Crippen LogP contribution is -2.57. The van der Waals surface area contributed by atoms with Crippen LogP contribution in [0, 0.1) is 11.8 Å². The van der Waals surface area contributed by atoms with Crippen LogP contribution in [0.1, 0.15) is 40.9 Å². The molecule has 1 atom stereocenters. The highest BCUT2D eigenvalue weighted by Gasteiger charge is 2.34. The molecular formula is C23H24N2O5. The van der Waals surface area contributed by atoms with Gasteiger partial charge < -0.3 is 15.5 Å². The van der Waals surface area contributed by atoms with Crippen molar-refractivity contribution in [3.8, 4) is 11.8 Å². The van der Waals surface area contributed by atoms with E-state index in [1.54, 1.807) is 36.4 Å². The maximum atomic E-state index is 12.4. The van der Waals surface area contributed by atoms with E-state index in [-0.39, 0.29) is 6.61 Å². The first-order valence-electron chi connectivity index (χ1n) is 9.19. The fourth-order valence-electron chi connectivity index (χ4n) is 2.54. The summed E-state index contributed by atoms with van der Waals surface area (Å²) in [6.45, 7) is 2.70. The van der Waals surface area contributed by atoms with Crippen LogP contribution in [-0.4, -0.2) is 38.9 Å². The second-order valence-electron chi connectivity index (χ2n) is 7.12. The van der Waals surface area contributed by atoms with E-state index in [4.69, 9.17) is 10.3 Å². The molecule has 156 valence electrons. The first kappa shape index (κ1) is 22.8. The third-order valence-corrected chi connectivity index (χ3v) is 4.24. The van der Waals surface area contributed by atoms with Crippen molar-refractivity contribution < 1.29 is 25.0 Å². The van der Waals surface area contributed by atoms with Gasteiger partial charge in [-0.05, 0) is 61.4 Å². The molecule has 7 nitrogen and oxygen atoms in total. The number of hydrogen-bond donors (Lipinski definition) is 5. The number of carbonyl (C=O) groups is 2. The van der Waals surface area contributed by atoms with Gasteiger partial charge in [-0.3, -0.25) is 14.8 Å². The van der Waals surface area contributed by atoms with Crippen LogP contribution in [0.25, 0.3) is 6.08 Å². The topological polar surface area (TPSA) is 119 Å². The van der Waals surface area contributed by atoms with E-state index in [1.807, 2.05) is 24.3 Å². The van der Waals surface area contributed by atoms with Crippen LogP contribution in [-0.2, 0) is 11.4 Å². The van der Waals surface area contributed by atoms with E-state index in [9.17, 15) is 14.7 Å². The Kier molecular flexibility index (Phi) is 7.90. The van der Waals surface area contributed by atoms with E-state index in [0.29, 0.717) is 5.56 Å². The molecule has 30 heavy (non-hydrogen) atoms. The minimum atomic E-state index is -1.57. The first-order chi connectivity index (χ1) is 14.2. The van der Waals surface area contributed by atoms with Crippen LogP contribution >= 0.6 is 0 Å². The highest BCUT2D eigenvalue weighted by Crippen LogP contribution is 2.11. The lowest BCUT2D eigenvalue weighted by molar-refractivity contribution is -0.136. The average Bonchev–Trinajstić information content (AvgIpc) is 2.74. The summed E-state index contributed by atoms with van der Waals surface area (Å²) in [6.07, 6.45) is 3.47. The fraction of sp³-hybridized carbons (Fsp3) is 0.217. The van der Waals surface area contributed by atoms with Gasteiger partial charge in [0.1, 0.15) is 6.04 Å². The molecule has 0 heterocycles. The standard InChI is InChI=1S/C23H24N2O5/c1-23(2,29)20(22(28)25-30)24-21(27)19-13-11-17(12-14-19)6-4-3-5-16-7-9-18(15-26)10-8-16/h4,6-14,20,26,29-30H,15H2,1-2H3,(H,24,27)(H,25,28)/t20-/m1/s1. The van der Waals surface area contributed by atoms with Gasteiger partial charge in [-0.25, -0.2) is 5.48 Å². The summed E-state index contributed by atoms with van der Waals surface area (Å²) < 4.78 is 0. The van der Waals surface area contributed by atoms with Crippen LogP contribution in [0.2, 0.25) is 0 Å². The minimum absolute atomic E-state index is 0.00528. The number of aliphatic hydroxyl groups is 2. The monoisotopic (exact) mass is 408 g/mol. The van der Waals surface area contributed by atoms with Crippen molar-refractivity contribution in [1.29, 1.82) is 0 Å². The van der Waals surface area contributed by atoms with Gasteiger partial charge in [-0.1, -0.05) is 36.1 Å². The van der Waals surface area contributed by atoms with Crippen molar-refractivity contribution in [2.45, 2.75) is 32.1 Å². The van der Waals surface area contributed by atoms with E-state index < -0.39 is 23.5 Å². The molecule has 0 unspecified atom stereocenters. The molecule has 0 spiro atoms. The number of aliphatic hydroxyl groups excluding tert-OH is 1. The van der Waals surface area contributed by atoms with Gasteiger partial charge in [0, 0.05) is 11.1 Å². The van der Waals surface area contributed by atoms with Crippen molar-refractivity contribution in [2.24, 2.45) is 0 Å². The van der Waals surface area contributed by atoms with Gasteiger partial charge in [-0.15, -0.1) is 0 Å². The number of allylic oxidation sites excluding steroid dienone is 1. The van der Waals surface area contributed by atoms with E-state index in [0.717, 1.165) is 16.7 Å². The van der Waals surface area contributed by atoms with Crippen LogP contribution in [0.5, 0.6) is 0 Å². The highest BCUT2D eigenvalue weighted by atomic mass is 16.5. The quantitative estimate of drug-likeness (QED) is 0.283. The lowest BCUT2D eigenvalue weighted by atomic mass is 9.97. The van der Waals surface area contributed by atoms with Crippen LogP contribution in [0.3, 0.4) is 0 Å². The van der Waals surface area contributed by atoms with Gasteiger partial charge in [-0.2, -0.15) is 0 Å². The Balaban J connectivity index is 2.02. The molecule has 0 aliphatic rings. The number of hydrogen-bond acceptors (Lipinski definition) is 5. The van der Waals surface area contributed by atoms with E-state index in [2.05, 4.69) is 17.2 Å². The Morgan fingerprint density at radius 3 is 2.27 bits per heavy atom. The smallest absolute Gasteiger partial charge is 0.268 e.